The van der Waals surface area contributed by atoms with Crippen molar-refractivity contribution < 1.29 is 9.84 Å². The van der Waals surface area contributed by atoms with Crippen LogP contribution in [-0.2, 0) is 4.74 Å². The van der Waals surface area contributed by atoms with Crippen LogP contribution in [0.4, 0.5) is 0 Å². The third-order valence-corrected chi connectivity index (χ3v) is 3.18. The highest BCUT2D eigenvalue weighted by Gasteiger charge is 2.17. The second-order valence-electron chi connectivity index (χ2n) is 5.56. The zero-order valence-corrected chi connectivity index (χ0v) is 12.1. The van der Waals surface area contributed by atoms with Gasteiger partial charge in [0.25, 0.3) is 0 Å². The maximum atomic E-state index is 8.69. The van der Waals surface area contributed by atoms with Gasteiger partial charge < -0.3 is 9.84 Å². The minimum atomic E-state index is 0.0332. The Hall–Kier alpha value is -0.0800. The second kappa shape index (κ2) is 11.0. The fraction of sp³-hybridized carbons (Fsp3) is 1.00. The smallest absolute Gasteiger partial charge is 0.0626 e. The summed E-state index contributed by atoms with van der Waals surface area (Å²) in [7, 11) is 0. The first kappa shape index (κ1) is 16.9. The van der Waals surface area contributed by atoms with Crippen molar-refractivity contribution in [3.63, 3.8) is 0 Å². The fourth-order valence-electron chi connectivity index (χ4n) is 1.97. The minimum Gasteiger partial charge on any atom is -0.396 e. The van der Waals surface area contributed by atoms with Crippen molar-refractivity contribution >= 4 is 0 Å². The number of rotatable bonds is 12. The minimum absolute atomic E-state index is 0.0332. The molecule has 0 bridgehead atoms. The molecule has 0 atom stereocenters. The monoisotopic (exact) mass is 244 g/mol. The standard InChI is InChI=1S/C15H32O2/c1-4-5-6-11-14-17-15(2,3)12-9-7-8-10-13-16/h16H,4-14H2,1-3H3. The van der Waals surface area contributed by atoms with Crippen molar-refractivity contribution in [2.24, 2.45) is 0 Å². The number of hydrogen-bond acceptors (Lipinski definition) is 2. The van der Waals surface area contributed by atoms with Gasteiger partial charge in [0, 0.05) is 13.2 Å². The van der Waals surface area contributed by atoms with E-state index in [1.807, 2.05) is 0 Å². The molecule has 2 heteroatoms. The Balaban J connectivity index is 3.38. The first-order valence-electron chi connectivity index (χ1n) is 7.37. The van der Waals surface area contributed by atoms with Crippen molar-refractivity contribution in [2.45, 2.75) is 84.2 Å². The van der Waals surface area contributed by atoms with Gasteiger partial charge in [-0.3, -0.25) is 0 Å². The van der Waals surface area contributed by atoms with E-state index in [-0.39, 0.29) is 5.60 Å². The normalized spacial score (nSPS) is 12.0. The summed E-state index contributed by atoms with van der Waals surface area (Å²) in [5.41, 5.74) is 0.0332. The van der Waals surface area contributed by atoms with Gasteiger partial charge in [-0.2, -0.15) is 0 Å². The number of ether oxygens (including phenoxy) is 1. The van der Waals surface area contributed by atoms with Crippen LogP contribution in [0.25, 0.3) is 0 Å². The van der Waals surface area contributed by atoms with Crippen LogP contribution in [-0.4, -0.2) is 23.9 Å². The molecule has 0 fully saturated rings. The summed E-state index contributed by atoms with van der Waals surface area (Å²) in [5, 5.41) is 8.69. The average molecular weight is 244 g/mol. The van der Waals surface area contributed by atoms with Crippen LogP contribution in [0, 0.1) is 0 Å². The largest absolute Gasteiger partial charge is 0.396 e. The molecule has 0 saturated carbocycles. The zero-order valence-electron chi connectivity index (χ0n) is 12.1. The van der Waals surface area contributed by atoms with Crippen molar-refractivity contribution in [1.82, 2.24) is 0 Å². The van der Waals surface area contributed by atoms with Crippen LogP contribution in [0.2, 0.25) is 0 Å². The number of aliphatic hydroxyl groups excluding tert-OH is 1. The summed E-state index contributed by atoms with van der Waals surface area (Å²) in [4.78, 5) is 0. The van der Waals surface area contributed by atoms with Crippen LogP contribution >= 0.6 is 0 Å². The Morgan fingerprint density at radius 1 is 0.882 bits per heavy atom. The van der Waals surface area contributed by atoms with Crippen molar-refractivity contribution in [1.29, 1.82) is 0 Å². The summed E-state index contributed by atoms with van der Waals surface area (Å²) in [5.74, 6) is 0. The van der Waals surface area contributed by atoms with Crippen molar-refractivity contribution in [3.8, 4) is 0 Å². The lowest BCUT2D eigenvalue weighted by Crippen LogP contribution is -2.24. The molecular weight excluding hydrogens is 212 g/mol. The van der Waals surface area contributed by atoms with Gasteiger partial charge in [-0.25, -0.2) is 0 Å². The molecule has 0 amide bonds. The van der Waals surface area contributed by atoms with E-state index in [0.29, 0.717) is 6.61 Å². The van der Waals surface area contributed by atoms with Crippen LogP contribution < -0.4 is 0 Å². The molecule has 0 spiro atoms. The topological polar surface area (TPSA) is 29.5 Å². The Morgan fingerprint density at radius 2 is 1.53 bits per heavy atom. The molecule has 0 aromatic heterocycles. The maximum absolute atomic E-state index is 8.69. The molecule has 0 aromatic rings. The lowest BCUT2D eigenvalue weighted by Gasteiger charge is -2.25. The van der Waals surface area contributed by atoms with Crippen LogP contribution in [0.15, 0.2) is 0 Å². The van der Waals surface area contributed by atoms with Gasteiger partial charge in [0.1, 0.15) is 0 Å². The summed E-state index contributed by atoms with van der Waals surface area (Å²) in [6.45, 7) is 7.86. The molecule has 0 aliphatic carbocycles. The number of hydrogen-bond donors (Lipinski definition) is 1. The molecular formula is C15H32O2. The first-order valence-corrected chi connectivity index (χ1v) is 7.37. The Bertz CT molecular complexity index is 139. The quantitative estimate of drug-likeness (QED) is 0.518. The SMILES string of the molecule is CCCCCCOC(C)(C)CCCCCCO. The predicted molar refractivity (Wildman–Crippen MR) is 74.3 cm³/mol. The van der Waals surface area contributed by atoms with E-state index in [1.165, 1.54) is 38.5 Å². The molecule has 0 unspecified atom stereocenters. The molecule has 0 radical (unpaired) electrons. The van der Waals surface area contributed by atoms with E-state index < -0.39 is 0 Å². The van der Waals surface area contributed by atoms with Gasteiger partial charge in [0.05, 0.1) is 5.60 Å². The summed E-state index contributed by atoms with van der Waals surface area (Å²) >= 11 is 0. The molecule has 0 aromatic carbocycles. The molecule has 17 heavy (non-hydrogen) atoms. The van der Waals surface area contributed by atoms with Gasteiger partial charge in [0.15, 0.2) is 0 Å². The van der Waals surface area contributed by atoms with E-state index >= 15 is 0 Å². The van der Waals surface area contributed by atoms with E-state index in [1.54, 1.807) is 0 Å². The first-order chi connectivity index (χ1) is 8.12. The number of aliphatic hydroxyl groups is 1. The van der Waals surface area contributed by atoms with Gasteiger partial charge in [0.2, 0.25) is 0 Å². The second-order valence-corrected chi connectivity index (χ2v) is 5.56. The van der Waals surface area contributed by atoms with E-state index in [4.69, 9.17) is 9.84 Å². The van der Waals surface area contributed by atoms with Gasteiger partial charge in [-0.1, -0.05) is 45.4 Å². The molecule has 2 nitrogen and oxygen atoms in total. The van der Waals surface area contributed by atoms with E-state index in [9.17, 15) is 0 Å². The molecule has 0 heterocycles. The average Bonchev–Trinajstić information content (AvgIpc) is 2.28. The van der Waals surface area contributed by atoms with E-state index in [0.717, 1.165) is 25.9 Å². The fourth-order valence-corrected chi connectivity index (χ4v) is 1.97. The Labute approximate surface area is 108 Å². The molecule has 0 rings (SSSR count). The molecule has 1 N–H and O–H groups in total. The highest BCUT2D eigenvalue weighted by Crippen LogP contribution is 2.19. The Morgan fingerprint density at radius 3 is 2.18 bits per heavy atom. The molecule has 0 aliphatic rings. The summed E-state index contributed by atoms with van der Waals surface area (Å²) < 4.78 is 5.93. The highest BCUT2D eigenvalue weighted by molar-refractivity contribution is 4.68. The molecule has 104 valence electrons. The lowest BCUT2D eigenvalue weighted by molar-refractivity contribution is -0.0266. The van der Waals surface area contributed by atoms with Crippen molar-refractivity contribution in [2.75, 3.05) is 13.2 Å². The van der Waals surface area contributed by atoms with Gasteiger partial charge in [-0.05, 0) is 33.1 Å². The predicted octanol–water partition coefficient (Wildman–Crippen LogP) is 4.30. The maximum Gasteiger partial charge on any atom is 0.0626 e. The third-order valence-electron chi connectivity index (χ3n) is 3.18. The van der Waals surface area contributed by atoms with Crippen LogP contribution in [0.1, 0.15) is 78.6 Å². The van der Waals surface area contributed by atoms with E-state index in [2.05, 4.69) is 20.8 Å². The Kier molecular flexibility index (Phi) is 11.0. The van der Waals surface area contributed by atoms with Crippen LogP contribution in [0.3, 0.4) is 0 Å². The lowest BCUT2D eigenvalue weighted by atomic mass is 10.00. The van der Waals surface area contributed by atoms with Gasteiger partial charge >= 0.3 is 0 Å². The number of unbranched alkanes of at least 4 members (excludes halogenated alkanes) is 6. The van der Waals surface area contributed by atoms with Crippen molar-refractivity contribution in [3.05, 3.63) is 0 Å². The summed E-state index contributed by atoms with van der Waals surface area (Å²) in [6, 6.07) is 0. The highest BCUT2D eigenvalue weighted by atomic mass is 16.5. The van der Waals surface area contributed by atoms with Crippen LogP contribution in [0.5, 0.6) is 0 Å². The summed E-state index contributed by atoms with van der Waals surface area (Å²) in [6.07, 6.45) is 10.7. The zero-order chi connectivity index (χ0) is 13.0. The molecule has 0 saturated heterocycles. The molecule has 0 aliphatic heterocycles. The third kappa shape index (κ3) is 12.2. The van der Waals surface area contributed by atoms with Gasteiger partial charge in [-0.15, -0.1) is 0 Å².